The number of aromatic nitrogens is 1. The number of hydrogen-bond acceptors (Lipinski definition) is 5. The molecule has 0 aliphatic carbocycles. The Bertz CT molecular complexity index is 1720. The number of carbonyl (C=O) groups excluding carboxylic acids is 2. The molecule has 0 bridgehead atoms. The number of likely N-dealkylation sites (tertiary alicyclic amines) is 1. The van der Waals surface area contributed by atoms with Crippen molar-refractivity contribution in [2.45, 2.75) is 45.6 Å². The first-order valence-electron chi connectivity index (χ1n) is 14.5. The van der Waals surface area contributed by atoms with Crippen LogP contribution < -0.4 is 16.2 Å². The molecule has 3 N–H and O–H groups in total. The summed E-state index contributed by atoms with van der Waals surface area (Å²) in [7, 11) is 1.70. The van der Waals surface area contributed by atoms with Crippen LogP contribution in [0.15, 0.2) is 83.8 Å². The highest BCUT2D eigenvalue weighted by molar-refractivity contribution is 6.05. The minimum absolute atomic E-state index is 0.00450. The van der Waals surface area contributed by atoms with Crippen molar-refractivity contribution >= 4 is 28.9 Å². The third-order valence-electron chi connectivity index (χ3n) is 7.95. The molecule has 5 rings (SSSR count). The molecule has 0 radical (unpaired) electrons. The van der Waals surface area contributed by atoms with Gasteiger partial charge in [-0.25, -0.2) is 0 Å². The van der Waals surface area contributed by atoms with E-state index in [0.29, 0.717) is 47.7 Å². The fraction of sp³-hybridized carbons (Fsp3) is 0.286. The van der Waals surface area contributed by atoms with Crippen LogP contribution in [0.1, 0.15) is 59.0 Å². The summed E-state index contributed by atoms with van der Waals surface area (Å²) in [5, 5.41) is 16.0. The van der Waals surface area contributed by atoms with Gasteiger partial charge in [0.1, 0.15) is 5.69 Å². The largest absolute Gasteiger partial charge is 0.391 e. The highest BCUT2D eigenvalue weighted by atomic mass is 16.3. The van der Waals surface area contributed by atoms with Crippen molar-refractivity contribution < 1.29 is 14.7 Å². The van der Waals surface area contributed by atoms with E-state index in [1.807, 2.05) is 49.4 Å². The van der Waals surface area contributed by atoms with E-state index < -0.39 is 6.10 Å². The van der Waals surface area contributed by atoms with E-state index in [2.05, 4.69) is 31.4 Å². The van der Waals surface area contributed by atoms with Gasteiger partial charge in [0.05, 0.1) is 6.10 Å². The van der Waals surface area contributed by atoms with Crippen LogP contribution in [0.3, 0.4) is 0 Å². The Balaban J connectivity index is 1.36. The summed E-state index contributed by atoms with van der Waals surface area (Å²) >= 11 is 0. The Labute approximate surface area is 252 Å². The zero-order valence-corrected chi connectivity index (χ0v) is 25.3. The SMILES string of the molecule is Cc1c(NC(=O)c2ccc(C(C)(C)C)cc2)cccc1-c1cc(Nc2ccc(C(=O)N3CCC(O)C3)cc2)c(=O)n(C)c1. The number of pyridine rings is 1. The van der Waals surface area contributed by atoms with Gasteiger partial charge in [0.2, 0.25) is 0 Å². The molecule has 4 aromatic rings. The number of aliphatic hydroxyl groups is 1. The number of carbonyl (C=O) groups is 2. The number of aliphatic hydroxyl groups excluding tert-OH is 1. The van der Waals surface area contributed by atoms with Gasteiger partial charge < -0.3 is 25.2 Å². The van der Waals surface area contributed by atoms with E-state index in [9.17, 15) is 19.5 Å². The Morgan fingerprint density at radius 1 is 0.930 bits per heavy atom. The highest BCUT2D eigenvalue weighted by Crippen LogP contribution is 2.30. The van der Waals surface area contributed by atoms with Gasteiger partial charge in [-0.3, -0.25) is 14.4 Å². The second-order valence-electron chi connectivity index (χ2n) is 12.2. The van der Waals surface area contributed by atoms with Gasteiger partial charge in [-0.05, 0) is 84.0 Å². The quantitative estimate of drug-likeness (QED) is 0.266. The first-order chi connectivity index (χ1) is 20.4. The summed E-state index contributed by atoms with van der Waals surface area (Å²) in [6, 6.07) is 22.1. The molecule has 3 aromatic carbocycles. The molecule has 1 fully saturated rings. The van der Waals surface area contributed by atoms with Crippen LogP contribution in [0.4, 0.5) is 17.1 Å². The summed E-state index contributed by atoms with van der Waals surface area (Å²) in [5.41, 5.74) is 6.39. The van der Waals surface area contributed by atoms with Crippen LogP contribution >= 0.6 is 0 Å². The van der Waals surface area contributed by atoms with Gasteiger partial charge >= 0.3 is 0 Å². The third kappa shape index (κ3) is 6.54. The maximum Gasteiger partial charge on any atom is 0.274 e. The van der Waals surface area contributed by atoms with Crippen LogP contribution in [0.5, 0.6) is 0 Å². The van der Waals surface area contributed by atoms with Crippen LogP contribution in [0.25, 0.3) is 11.1 Å². The number of rotatable bonds is 6. The first-order valence-corrected chi connectivity index (χ1v) is 14.5. The van der Waals surface area contributed by atoms with E-state index in [4.69, 9.17) is 0 Å². The number of aryl methyl sites for hydroxylation is 1. The molecule has 1 saturated heterocycles. The fourth-order valence-electron chi connectivity index (χ4n) is 5.31. The zero-order chi connectivity index (χ0) is 30.9. The lowest BCUT2D eigenvalue weighted by atomic mass is 9.86. The monoisotopic (exact) mass is 578 g/mol. The van der Waals surface area contributed by atoms with Gasteiger partial charge in [-0.2, -0.15) is 0 Å². The molecule has 2 heterocycles. The molecule has 8 heteroatoms. The van der Waals surface area contributed by atoms with Crippen molar-refractivity contribution in [3.8, 4) is 11.1 Å². The fourth-order valence-corrected chi connectivity index (χ4v) is 5.31. The minimum Gasteiger partial charge on any atom is -0.391 e. The second kappa shape index (κ2) is 11.9. The number of anilines is 3. The van der Waals surface area contributed by atoms with Crippen LogP contribution in [0.2, 0.25) is 0 Å². The van der Waals surface area contributed by atoms with E-state index in [-0.39, 0.29) is 22.8 Å². The molecule has 1 aliphatic rings. The van der Waals surface area contributed by atoms with Gasteiger partial charge in [0.15, 0.2) is 0 Å². The number of nitrogens with one attached hydrogen (secondary N) is 2. The standard InChI is InChI=1S/C35H38N4O4/c1-22-29(7-6-8-30(22)37-32(41)23-9-13-26(14-10-23)35(2,3)4)25-19-31(34(43)38(5)20-25)36-27-15-11-24(12-16-27)33(42)39-18-17-28(40)21-39/h6-16,19-20,28,36,40H,17-18,21H2,1-5H3,(H,37,41). The lowest BCUT2D eigenvalue weighted by Gasteiger charge is -2.19. The maximum absolute atomic E-state index is 13.1. The van der Waals surface area contributed by atoms with Crippen molar-refractivity contribution in [2.24, 2.45) is 7.05 Å². The minimum atomic E-state index is -0.472. The van der Waals surface area contributed by atoms with Crippen LogP contribution in [0, 0.1) is 6.92 Å². The lowest BCUT2D eigenvalue weighted by Crippen LogP contribution is -2.29. The first kappa shape index (κ1) is 29.8. The Kier molecular flexibility index (Phi) is 8.24. The average Bonchev–Trinajstić information content (AvgIpc) is 3.42. The second-order valence-corrected chi connectivity index (χ2v) is 12.2. The van der Waals surface area contributed by atoms with Gasteiger partial charge in [0.25, 0.3) is 17.4 Å². The highest BCUT2D eigenvalue weighted by Gasteiger charge is 2.25. The summed E-state index contributed by atoms with van der Waals surface area (Å²) < 4.78 is 1.52. The summed E-state index contributed by atoms with van der Waals surface area (Å²) in [5.74, 6) is -0.309. The normalized spacial score (nSPS) is 14.9. The Morgan fingerprint density at radius 3 is 2.23 bits per heavy atom. The van der Waals surface area contributed by atoms with Crippen molar-refractivity contribution in [1.29, 1.82) is 0 Å². The Morgan fingerprint density at radius 2 is 1.60 bits per heavy atom. The smallest absolute Gasteiger partial charge is 0.274 e. The molecular formula is C35H38N4O4. The maximum atomic E-state index is 13.1. The molecule has 2 amide bonds. The van der Waals surface area contributed by atoms with E-state index in [0.717, 1.165) is 22.3 Å². The molecular weight excluding hydrogens is 540 g/mol. The van der Waals surface area contributed by atoms with E-state index in [1.54, 1.807) is 48.5 Å². The van der Waals surface area contributed by atoms with Crippen LogP contribution in [-0.4, -0.2) is 45.6 Å². The topological polar surface area (TPSA) is 104 Å². The number of benzene rings is 3. The molecule has 1 unspecified atom stereocenters. The average molecular weight is 579 g/mol. The van der Waals surface area contributed by atoms with Crippen molar-refractivity contribution in [3.63, 3.8) is 0 Å². The summed E-state index contributed by atoms with van der Waals surface area (Å²) in [4.78, 5) is 40.5. The van der Waals surface area contributed by atoms with Crippen LogP contribution in [-0.2, 0) is 12.5 Å². The molecule has 1 aliphatic heterocycles. The van der Waals surface area contributed by atoms with Crippen molar-refractivity contribution in [1.82, 2.24) is 9.47 Å². The summed E-state index contributed by atoms with van der Waals surface area (Å²) in [6.07, 6.45) is 1.89. The van der Waals surface area contributed by atoms with Crippen molar-refractivity contribution in [3.05, 3.63) is 112 Å². The van der Waals surface area contributed by atoms with E-state index >= 15 is 0 Å². The van der Waals surface area contributed by atoms with Gasteiger partial charge in [0, 0.05) is 54.4 Å². The van der Waals surface area contributed by atoms with Gasteiger partial charge in [-0.1, -0.05) is 45.0 Å². The molecule has 8 nitrogen and oxygen atoms in total. The number of amides is 2. The molecule has 222 valence electrons. The number of hydrogen-bond donors (Lipinski definition) is 3. The molecule has 1 aromatic heterocycles. The predicted molar refractivity (Wildman–Crippen MR) is 171 cm³/mol. The Hall–Kier alpha value is -4.69. The predicted octanol–water partition coefficient (Wildman–Crippen LogP) is 5.86. The van der Waals surface area contributed by atoms with E-state index in [1.165, 1.54) is 4.57 Å². The third-order valence-corrected chi connectivity index (χ3v) is 7.95. The molecule has 1 atom stereocenters. The number of nitrogens with zero attached hydrogens (tertiary/aromatic N) is 2. The summed E-state index contributed by atoms with van der Waals surface area (Å²) in [6.45, 7) is 9.24. The zero-order valence-electron chi connectivity index (χ0n) is 25.3. The van der Waals surface area contributed by atoms with Gasteiger partial charge in [-0.15, -0.1) is 0 Å². The molecule has 0 saturated carbocycles. The molecule has 43 heavy (non-hydrogen) atoms. The lowest BCUT2D eigenvalue weighted by molar-refractivity contribution is 0.0765. The number of β-amino-alcohol motifs (C(OH)–C–C–N with tert-alkyl or cyclic N) is 1. The molecule has 0 spiro atoms. The van der Waals surface area contributed by atoms with Crippen molar-refractivity contribution in [2.75, 3.05) is 23.7 Å².